The highest BCUT2D eigenvalue weighted by atomic mass is 35.5. The summed E-state index contributed by atoms with van der Waals surface area (Å²) in [6, 6.07) is 4.62. The Hall–Kier alpha value is -2.03. The van der Waals surface area contributed by atoms with Crippen molar-refractivity contribution in [3.8, 4) is 0 Å². The van der Waals surface area contributed by atoms with Crippen LogP contribution in [0.25, 0.3) is 0 Å². The molecule has 1 fully saturated rings. The van der Waals surface area contributed by atoms with Crippen LogP contribution in [-0.4, -0.2) is 65.0 Å². The van der Waals surface area contributed by atoms with Gasteiger partial charge in [-0.15, -0.1) is 0 Å². The molecule has 2 aromatic rings. The minimum absolute atomic E-state index is 0.0468. The van der Waals surface area contributed by atoms with Gasteiger partial charge in [0.2, 0.25) is 11.9 Å². The first kappa shape index (κ1) is 19.7. The summed E-state index contributed by atoms with van der Waals surface area (Å²) in [7, 11) is 3.76. The van der Waals surface area contributed by atoms with Crippen LogP contribution < -0.4 is 10.6 Å². The first-order valence-corrected chi connectivity index (χ1v) is 9.30. The summed E-state index contributed by atoms with van der Waals surface area (Å²) in [5.74, 6) is 1.17. The molecule has 1 aromatic carbocycles. The third kappa shape index (κ3) is 4.82. The highest BCUT2D eigenvalue weighted by Crippen LogP contribution is 2.23. The Morgan fingerprint density at radius 1 is 1.19 bits per heavy atom. The van der Waals surface area contributed by atoms with Crippen LogP contribution in [0, 0.1) is 5.82 Å². The minimum atomic E-state index is -0.309. The van der Waals surface area contributed by atoms with Crippen LogP contribution >= 0.6 is 11.6 Å². The third-order valence-electron chi connectivity index (χ3n) is 4.80. The van der Waals surface area contributed by atoms with Gasteiger partial charge < -0.3 is 10.6 Å². The van der Waals surface area contributed by atoms with E-state index in [1.807, 2.05) is 19.0 Å². The van der Waals surface area contributed by atoms with Crippen molar-refractivity contribution in [3.63, 3.8) is 0 Å². The number of nitrogens with zero attached hydrogens (tertiary/aromatic N) is 6. The molecule has 0 spiro atoms. The largest absolute Gasteiger partial charge is 0.368 e. The maximum Gasteiger partial charge on any atom is 0.229 e. The Kier molecular flexibility index (Phi) is 6.08. The molecule has 1 unspecified atom stereocenters. The summed E-state index contributed by atoms with van der Waals surface area (Å²) in [5.41, 5.74) is 6.79. The van der Waals surface area contributed by atoms with E-state index in [1.54, 1.807) is 6.07 Å². The second-order valence-corrected chi connectivity index (χ2v) is 7.38. The first-order valence-electron chi connectivity index (χ1n) is 8.92. The number of rotatable bonds is 5. The molecule has 0 amide bonds. The molecule has 1 saturated heterocycles. The molecule has 0 bridgehead atoms. The van der Waals surface area contributed by atoms with E-state index in [2.05, 4.69) is 31.7 Å². The Morgan fingerprint density at radius 3 is 2.52 bits per heavy atom. The molecule has 2 N–H and O–H groups in total. The fourth-order valence-corrected chi connectivity index (χ4v) is 3.37. The van der Waals surface area contributed by atoms with Gasteiger partial charge in [0.05, 0.1) is 6.04 Å². The van der Waals surface area contributed by atoms with Gasteiger partial charge in [-0.2, -0.15) is 15.0 Å². The van der Waals surface area contributed by atoms with Gasteiger partial charge in [0.15, 0.2) is 5.82 Å². The van der Waals surface area contributed by atoms with Gasteiger partial charge in [0.1, 0.15) is 5.82 Å². The van der Waals surface area contributed by atoms with Gasteiger partial charge in [0, 0.05) is 51.8 Å². The molecule has 1 atom stereocenters. The maximum absolute atomic E-state index is 13.2. The third-order valence-corrected chi connectivity index (χ3v) is 5.15. The molecule has 1 aromatic heterocycles. The van der Waals surface area contributed by atoms with E-state index in [-0.39, 0.29) is 17.8 Å². The van der Waals surface area contributed by atoms with E-state index in [0.29, 0.717) is 23.3 Å². The normalized spacial score (nSPS) is 17.1. The molecule has 27 heavy (non-hydrogen) atoms. The topological polar surface area (TPSA) is 74.4 Å². The molecule has 0 radical (unpaired) electrons. The van der Waals surface area contributed by atoms with Crippen LogP contribution in [0.2, 0.25) is 5.02 Å². The van der Waals surface area contributed by atoms with Crippen molar-refractivity contribution in [2.24, 2.45) is 0 Å². The first-order chi connectivity index (χ1) is 12.8. The molecule has 0 saturated carbocycles. The lowest BCUT2D eigenvalue weighted by Gasteiger charge is -2.37. The number of nitrogen functional groups attached to an aromatic ring is 1. The molecule has 7 nitrogen and oxygen atoms in total. The number of benzene rings is 1. The lowest BCUT2D eigenvalue weighted by Crippen LogP contribution is -2.47. The monoisotopic (exact) mass is 393 g/mol. The maximum atomic E-state index is 13.2. The van der Waals surface area contributed by atoms with Crippen molar-refractivity contribution in [3.05, 3.63) is 40.4 Å². The van der Waals surface area contributed by atoms with E-state index in [1.165, 1.54) is 12.1 Å². The number of hydrogen-bond acceptors (Lipinski definition) is 7. The molecule has 1 aliphatic rings. The van der Waals surface area contributed by atoms with Gasteiger partial charge in [-0.3, -0.25) is 9.80 Å². The Balaban J connectivity index is 1.62. The second-order valence-electron chi connectivity index (χ2n) is 6.97. The number of anilines is 2. The van der Waals surface area contributed by atoms with Crippen molar-refractivity contribution in [2.45, 2.75) is 19.5 Å². The van der Waals surface area contributed by atoms with Crippen molar-refractivity contribution in [2.75, 3.05) is 50.9 Å². The molecular formula is C18H25ClFN7. The Bertz CT molecular complexity index is 793. The summed E-state index contributed by atoms with van der Waals surface area (Å²) in [6.07, 6.45) is 0. The predicted molar refractivity (Wildman–Crippen MR) is 105 cm³/mol. The van der Waals surface area contributed by atoms with E-state index in [4.69, 9.17) is 17.3 Å². The number of aromatic nitrogens is 3. The Labute approximate surface area is 164 Å². The predicted octanol–water partition coefficient (Wildman–Crippen LogP) is 2.19. The number of halogens is 2. The fourth-order valence-electron chi connectivity index (χ4n) is 3.15. The van der Waals surface area contributed by atoms with Gasteiger partial charge in [-0.05, 0) is 24.6 Å². The molecule has 146 valence electrons. The molecule has 0 aliphatic carbocycles. The number of hydrogen-bond donors (Lipinski definition) is 1. The van der Waals surface area contributed by atoms with Crippen LogP contribution in [0.15, 0.2) is 18.2 Å². The van der Waals surface area contributed by atoms with E-state index >= 15 is 0 Å². The van der Waals surface area contributed by atoms with Crippen molar-refractivity contribution < 1.29 is 4.39 Å². The minimum Gasteiger partial charge on any atom is -0.368 e. The molecule has 1 aliphatic heterocycles. The lowest BCUT2D eigenvalue weighted by molar-refractivity contribution is 0.0948. The Morgan fingerprint density at radius 2 is 1.89 bits per heavy atom. The van der Waals surface area contributed by atoms with Gasteiger partial charge in [-0.25, -0.2) is 4.39 Å². The van der Waals surface area contributed by atoms with Crippen molar-refractivity contribution >= 4 is 23.5 Å². The van der Waals surface area contributed by atoms with Gasteiger partial charge >= 0.3 is 0 Å². The summed E-state index contributed by atoms with van der Waals surface area (Å²) in [4.78, 5) is 19.5. The van der Waals surface area contributed by atoms with Crippen LogP contribution in [0.3, 0.4) is 0 Å². The molecule has 2 heterocycles. The number of piperazine rings is 1. The smallest absolute Gasteiger partial charge is 0.229 e. The standard InChI is InChI=1S/C18H25ClFN7/c1-12(16-22-17(21)24-18(23-16)25(2)3)27-8-6-26(7-9-27)11-13-4-5-14(20)10-15(13)19/h4-5,10,12H,6-9,11H2,1-3H3,(H2,21,22,23,24). The lowest BCUT2D eigenvalue weighted by atomic mass is 10.1. The molecule has 9 heteroatoms. The average Bonchev–Trinajstić information content (AvgIpc) is 2.63. The molecule has 3 rings (SSSR count). The van der Waals surface area contributed by atoms with Crippen molar-refractivity contribution in [1.29, 1.82) is 0 Å². The SMILES string of the molecule is CC(c1nc(N)nc(N(C)C)n1)N1CCN(Cc2ccc(F)cc2Cl)CC1. The number of nitrogens with two attached hydrogens (primary N) is 1. The van der Waals surface area contributed by atoms with E-state index < -0.39 is 0 Å². The van der Waals surface area contributed by atoms with Crippen LogP contribution in [0.4, 0.5) is 16.3 Å². The van der Waals surface area contributed by atoms with Gasteiger partial charge in [0.25, 0.3) is 0 Å². The van der Waals surface area contributed by atoms with E-state index in [0.717, 1.165) is 31.7 Å². The zero-order valence-electron chi connectivity index (χ0n) is 15.9. The van der Waals surface area contributed by atoms with Crippen LogP contribution in [0.1, 0.15) is 24.4 Å². The summed E-state index contributed by atoms with van der Waals surface area (Å²) >= 11 is 6.15. The zero-order valence-corrected chi connectivity index (χ0v) is 16.6. The molecular weight excluding hydrogens is 369 g/mol. The average molecular weight is 394 g/mol. The summed E-state index contributed by atoms with van der Waals surface area (Å²) < 4.78 is 13.2. The van der Waals surface area contributed by atoms with Crippen molar-refractivity contribution in [1.82, 2.24) is 24.8 Å². The summed E-state index contributed by atoms with van der Waals surface area (Å²) in [6.45, 7) is 6.33. The van der Waals surface area contributed by atoms with Crippen LogP contribution in [0.5, 0.6) is 0 Å². The highest BCUT2D eigenvalue weighted by Gasteiger charge is 2.25. The fraction of sp³-hybridized carbons (Fsp3) is 0.500. The highest BCUT2D eigenvalue weighted by molar-refractivity contribution is 6.31. The summed E-state index contributed by atoms with van der Waals surface area (Å²) in [5, 5.41) is 0.475. The van der Waals surface area contributed by atoms with Gasteiger partial charge in [-0.1, -0.05) is 17.7 Å². The van der Waals surface area contributed by atoms with E-state index in [9.17, 15) is 4.39 Å². The van der Waals surface area contributed by atoms with Crippen LogP contribution in [-0.2, 0) is 6.54 Å². The second kappa shape index (κ2) is 8.33. The quantitative estimate of drug-likeness (QED) is 0.834. The zero-order chi connectivity index (χ0) is 19.6.